The van der Waals surface area contributed by atoms with Crippen molar-refractivity contribution in [1.82, 2.24) is 10.2 Å². The number of amides is 2. The lowest BCUT2D eigenvalue weighted by atomic mass is 10.0. The van der Waals surface area contributed by atoms with Gasteiger partial charge in [0.05, 0.1) is 11.9 Å². The number of nitrogens with zero attached hydrogens (tertiary/aromatic N) is 2. The van der Waals surface area contributed by atoms with E-state index in [2.05, 4.69) is 21.2 Å². The molecular weight excluding hydrogens is 554 g/mol. The smallest absolute Gasteiger partial charge is 0.244 e. The summed E-state index contributed by atoms with van der Waals surface area (Å²) in [6, 6.07) is 23.1. The minimum absolute atomic E-state index is 0.145. The first kappa shape index (κ1) is 28.4. The summed E-state index contributed by atoms with van der Waals surface area (Å²) in [4.78, 5) is 28.7. The number of hydrogen-bond acceptors (Lipinski definition) is 4. The van der Waals surface area contributed by atoms with Crippen molar-refractivity contribution in [2.75, 3.05) is 23.7 Å². The molecule has 0 unspecified atom stereocenters. The van der Waals surface area contributed by atoms with Crippen molar-refractivity contribution in [3.63, 3.8) is 0 Å². The van der Waals surface area contributed by atoms with Gasteiger partial charge in [-0.3, -0.25) is 13.9 Å². The van der Waals surface area contributed by atoms with Crippen LogP contribution in [0.25, 0.3) is 0 Å². The molecule has 7 nitrogen and oxygen atoms in total. The Balaban J connectivity index is 2.04. The second-order valence-electron chi connectivity index (χ2n) is 8.80. The molecule has 9 heteroatoms. The van der Waals surface area contributed by atoms with Crippen molar-refractivity contribution in [3.8, 4) is 0 Å². The molecule has 0 fully saturated rings. The Bertz CT molecular complexity index is 1310. The summed E-state index contributed by atoms with van der Waals surface area (Å²) in [6.07, 6.45) is 1.37. The molecule has 0 aliphatic rings. The number of aryl methyl sites for hydroxylation is 1. The highest BCUT2D eigenvalue weighted by atomic mass is 79.9. The number of anilines is 1. The Morgan fingerprint density at radius 3 is 2.14 bits per heavy atom. The maximum absolute atomic E-state index is 13.9. The van der Waals surface area contributed by atoms with E-state index in [9.17, 15) is 18.0 Å². The second kappa shape index (κ2) is 12.9. The summed E-state index contributed by atoms with van der Waals surface area (Å²) >= 11 is 3.43. The van der Waals surface area contributed by atoms with Gasteiger partial charge in [-0.1, -0.05) is 76.6 Å². The number of sulfonamides is 1. The lowest BCUT2D eigenvalue weighted by Crippen LogP contribution is -2.53. The predicted octanol–water partition coefficient (Wildman–Crippen LogP) is 4.30. The van der Waals surface area contributed by atoms with Gasteiger partial charge in [0, 0.05) is 24.0 Å². The number of hydrogen-bond donors (Lipinski definition) is 1. The highest BCUT2D eigenvalue weighted by Crippen LogP contribution is 2.23. The lowest BCUT2D eigenvalue weighted by molar-refractivity contribution is -0.140. The fraction of sp³-hybridized carbons (Fsp3) is 0.286. The van der Waals surface area contributed by atoms with E-state index in [1.165, 1.54) is 4.90 Å². The SMILES string of the molecule is CCNC(=O)[C@@H](Cc1ccccc1)N(Cc1ccc(Br)cc1)C(=O)CN(c1ccccc1C)S(C)(=O)=O. The van der Waals surface area contributed by atoms with Gasteiger partial charge >= 0.3 is 0 Å². The topological polar surface area (TPSA) is 86.8 Å². The minimum atomic E-state index is -3.78. The first-order valence-corrected chi connectivity index (χ1v) is 14.6. The fourth-order valence-corrected chi connectivity index (χ4v) is 5.24. The molecule has 0 heterocycles. The average Bonchev–Trinajstić information content (AvgIpc) is 2.86. The van der Waals surface area contributed by atoms with Crippen molar-refractivity contribution in [3.05, 3.63) is 100 Å². The summed E-state index contributed by atoms with van der Waals surface area (Å²) in [6.45, 7) is 3.74. The molecule has 3 aromatic carbocycles. The van der Waals surface area contributed by atoms with Gasteiger partial charge in [-0.15, -0.1) is 0 Å². The van der Waals surface area contributed by atoms with Crippen LogP contribution >= 0.6 is 15.9 Å². The molecule has 0 aliphatic carbocycles. The van der Waals surface area contributed by atoms with Crippen LogP contribution < -0.4 is 9.62 Å². The van der Waals surface area contributed by atoms with E-state index < -0.39 is 28.5 Å². The summed E-state index contributed by atoms with van der Waals surface area (Å²) in [5.74, 6) is -0.762. The summed E-state index contributed by atoms with van der Waals surface area (Å²) in [7, 11) is -3.78. The van der Waals surface area contributed by atoms with Crippen LogP contribution in [0, 0.1) is 6.92 Å². The molecular formula is C28H32BrN3O4S. The van der Waals surface area contributed by atoms with Crippen LogP contribution in [-0.4, -0.2) is 50.5 Å². The van der Waals surface area contributed by atoms with Gasteiger partial charge in [0.2, 0.25) is 21.8 Å². The Kier molecular flexibility index (Phi) is 9.88. The van der Waals surface area contributed by atoms with Crippen molar-refractivity contribution < 1.29 is 18.0 Å². The Hall–Kier alpha value is -3.17. The zero-order valence-electron chi connectivity index (χ0n) is 21.2. The second-order valence-corrected chi connectivity index (χ2v) is 11.6. The van der Waals surface area contributed by atoms with Gasteiger partial charge in [-0.05, 0) is 48.7 Å². The molecule has 196 valence electrons. The van der Waals surface area contributed by atoms with Gasteiger partial charge in [-0.25, -0.2) is 8.42 Å². The lowest BCUT2D eigenvalue weighted by Gasteiger charge is -2.33. The predicted molar refractivity (Wildman–Crippen MR) is 151 cm³/mol. The highest BCUT2D eigenvalue weighted by Gasteiger charge is 2.33. The molecule has 1 atom stereocenters. The molecule has 0 saturated heterocycles. The third-order valence-electron chi connectivity index (χ3n) is 5.95. The molecule has 2 amide bonds. The van der Waals surface area contributed by atoms with E-state index >= 15 is 0 Å². The fourth-order valence-electron chi connectivity index (χ4n) is 4.07. The monoisotopic (exact) mass is 585 g/mol. The molecule has 0 bridgehead atoms. The Morgan fingerprint density at radius 1 is 0.919 bits per heavy atom. The van der Waals surface area contributed by atoms with Crippen molar-refractivity contribution in [2.24, 2.45) is 0 Å². The van der Waals surface area contributed by atoms with Gasteiger partial charge in [0.25, 0.3) is 0 Å². The van der Waals surface area contributed by atoms with Crippen molar-refractivity contribution >= 4 is 43.5 Å². The number of para-hydroxylation sites is 1. The molecule has 0 radical (unpaired) electrons. The molecule has 37 heavy (non-hydrogen) atoms. The number of carbonyl (C=O) groups excluding carboxylic acids is 2. The van der Waals surface area contributed by atoms with Crippen molar-refractivity contribution in [2.45, 2.75) is 32.9 Å². The van der Waals surface area contributed by atoms with E-state index in [0.717, 1.165) is 31.7 Å². The van der Waals surface area contributed by atoms with Crippen LogP contribution in [0.4, 0.5) is 5.69 Å². The first-order chi connectivity index (χ1) is 17.6. The molecule has 0 aliphatic heterocycles. The van der Waals surface area contributed by atoms with Crippen molar-refractivity contribution in [1.29, 1.82) is 0 Å². The van der Waals surface area contributed by atoms with Crippen LogP contribution in [-0.2, 0) is 32.6 Å². The average molecular weight is 587 g/mol. The standard InChI is InChI=1S/C28H32BrN3O4S/c1-4-30-28(34)26(18-22-11-6-5-7-12-22)31(19-23-14-16-24(29)17-15-23)27(33)20-32(37(3,35)36)25-13-9-8-10-21(25)2/h5-17,26H,4,18-20H2,1-3H3,(H,30,34)/t26-/m1/s1. The van der Waals surface area contributed by atoms with Crippen LogP contribution in [0.15, 0.2) is 83.3 Å². The third kappa shape index (κ3) is 7.90. The van der Waals surface area contributed by atoms with E-state index in [-0.39, 0.29) is 18.9 Å². The maximum atomic E-state index is 13.9. The number of likely N-dealkylation sites (N-methyl/N-ethyl adjacent to an activating group) is 1. The van der Waals surface area contributed by atoms with Gasteiger partial charge in [-0.2, -0.15) is 0 Å². The van der Waals surface area contributed by atoms with Gasteiger partial charge in [0.15, 0.2) is 0 Å². The molecule has 3 aromatic rings. The molecule has 3 rings (SSSR count). The highest BCUT2D eigenvalue weighted by molar-refractivity contribution is 9.10. The molecule has 0 aromatic heterocycles. The number of carbonyl (C=O) groups is 2. The zero-order chi connectivity index (χ0) is 27.0. The first-order valence-electron chi connectivity index (χ1n) is 12.0. The van der Waals surface area contributed by atoms with Crippen LogP contribution in [0.2, 0.25) is 0 Å². The van der Waals surface area contributed by atoms with E-state index in [0.29, 0.717) is 12.2 Å². The number of benzene rings is 3. The van der Waals surface area contributed by atoms with E-state index in [4.69, 9.17) is 0 Å². The van der Waals surface area contributed by atoms with Gasteiger partial charge in [0.1, 0.15) is 12.6 Å². The van der Waals surface area contributed by atoms with E-state index in [1.54, 1.807) is 25.1 Å². The largest absolute Gasteiger partial charge is 0.355 e. The molecule has 0 spiro atoms. The summed E-state index contributed by atoms with van der Waals surface area (Å²) < 4.78 is 27.6. The number of halogens is 1. The minimum Gasteiger partial charge on any atom is -0.355 e. The Labute approximate surface area is 227 Å². The quantitative estimate of drug-likeness (QED) is 0.363. The van der Waals surface area contributed by atoms with Gasteiger partial charge < -0.3 is 10.2 Å². The normalized spacial score (nSPS) is 12.0. The third-order valence-corrected chi connectivity index (χ3v) is 7.61. The Morgan fingerprint density at radius 2 is 1.54 bits per heavy atom. The van der Waals surface area contributed by atoms with Crippen LogP contribution in [0.5, 0.6) is 0 Å². The molecule has 1 N–H and O–H groups in total. The van der Waals surface area contributed by atoms with E-state index in [1.807, 2.05) is 67.6 Å². The summed E-state index contributed by atoms with van der Waals surface area (Å²) in [5.41, 5.74) is 2.87. The van der Waals surface area contributed by atoms with Crippen LogP contribution in [0.3, 0.4) is 0 Å². The summed E-state index contributed by atoms with van der Waals surface area (Å²) in [5, 5.41) is 2.85. The number of nitrogens with one attached hydrogen (secondary N) is 1. The number of rotatable bonds is 11. The zero-order valence-corrected chi connectivity index (χ0v) is 23.6. The van der Waals surface area contributed by atoms with Crippen LogP contribution in [0.1, 0.15) is 23.6 Å². The maximum Gasteiger partial charge on any atom is 0.244 e. The molecule has 0 saturated carbocycles.